The lowest BCUT2D eigenvalue weighted by Crippen LogP contribution is -2.27. The van der Waals surface area contributed by atoms with Gasteiger partial charge in [-0.05, 0) is 5.56 Å². The fraction of sp³-hybridized carbons (Fsp3) is 0.100. The monoisotopic (exact) mass is 238 g/mol. The van der Waals surface area contributed by atoms with Gasteiger partial charge in [-0.15, -0.1) is 4.21 Å². The van der Waals surface area contributed by atoms with Crippen LogP contribution >= 0.6 is 11.9 Å². The summed E-state index contributed by atoms with van der Waals surface area (Å²) in [5.74, 6) is 0. The van der Waals surface area contributed by atoms with E-state index in [1.165, 1.54) is 6.07 Å². The average Bonchev–Trinajstić information content (AvgIpc) is 2.37. The Labute approximate surface area is 96.4 Å². The summed E-state index contributed by atoms with van der Waals surface area (Å²) in [4.78, 5) is 11.6. The summed E-state index contributed by atoms with van der Waals surface area (Å²) < 4.78 is -1.71. The van der Waals surface area contributed by atoms with Gasteiger partial charge in [-0.2, -0.15) is 5.21 Å². The fourth-order valence-corrected chi connectivity index (χ4v) is 2.46. The first-order valence-electron chi connectivity index (χ1n) is 4.54. The van der Waals surface area contributed by atoms with Crippen LogP contribution in [0.25, 0.3) is 0 Å². The van der Waals surface area contributed by atoms with Crippen LogP contribution in [0, 0.1) is 5.21 Å². The van der Waals surface area contributed by atoms with Gasteiger partial charge in [-0.1, -0.05) is 18.7 Å². The van der Waals surface area contributed by atoms with Crippen molar-refractivity contribution in [2.45, 2.75) is 6.42 Å². The van der Waals surface area contributed by atoms with Crippen LogP contribution in [0.1, 0.15) is 15.9 Å². The molecule has 1 heterocycles. The molecule has 3 N–H and O–H groups in total. The largest absolute Gasteiger partial charge is 0.581 e. The molecule has 0 aliphatic carbocycles. The molecule has 1 atom stereocenters. The number of benzene rings is 1. The minimum atomic E-state index is -1.71. The highest BCUT2D eigenvalue weighted by atomic mass is 32.2. The summed E-state index contributed by atoms with van der Waals surface area (Å²) in [6.45, 7) is 3.55. The van der Waals surface area contributed by atoms with Gasteiger partial charge in [0.2, 0.25) is 0 Å². The molecule has 16 heavy (non-hydrogen) atoms. The summed E-state index contributed by atoms with van der Waals surface area (Å²) in [5.41, 5.74) is 6.79. The molecule has 1 aliphatic rings. The molecule has 0 saturated heterocycles. The van der Waals surface area contributed by atoms with Crippen LogP contribution in [0.3, 0.4) is 0 Å². The maximum absolute atomic E-state index is 11.6. The van der Waals surface area contributed by atoms with E-state index in [-0.39, 0.29) is 11.3 Å². The normalized spacial score (nSPS) is 23.2. The van der Waals surface area contributed by atoms with Crippen molar-refractivity contribution in [1.29, 1.82) is 0 Å². The minimum Gasteiger partial charge on any atom is -0.581 e. The maximum Gasteiger partial charge on any atom is 0.286 e. The zero-order valence-corrected chi connectivity index (χ0v) is 9.16. The van der Waals surface area contributed by atoms with Gasteiger partial charge >= 0.3 is 0 Å². The SMILES string of the molecule is C=C(N)Cc1cccc2c1C(=O)S[N+]2([O-])O. The van der Waals surface area contributed by atoms with Crippen molar-refractivity contribution < 1.29 is 10.0 Å². The second-order valence-electron chi connectivity index (χ2n) is 3.55. The number of allylic oxidation sites excluding steroid dienone is 1. The van der Waals surface area contributed by atoms with Gasteiger partial charge in [-0.25, -0.2) is 0 Å². The minimum absolute atomic E-state index is 0.0498. The maximum atomic E-state index is 11.6. The lowest BCUT2D eigenvalue weighted by atomic mass is 10.0. The number of quaternary nitrogens is 1. The van der Waals surface area contributed by atoms with E-state index in [0.717, 1.165) is 0 Å². The average molecular weight is 238 g/mol. The first-order valence-corrected chi connectivity index (χ1v) is 5.31. The molecule has 1 aromatic rings. The predicted octanol–water partition coefficient (Wildman–Crippen LogP) is 1.70. The van der Waals surface area contributed by atoms with E-state index >= 15 is 0 Å². The van der Waals surface area contributed by atoms with Crippen molar-refractivity contribution in [1.82, 2.24) is 4.21 Å². The highest BCUT2D eigenvalue weighted by Crippen LogP contribution is 2.43. The second-order valence-corrected chi connectivity index (χ2v) is 4.59. The molecule has 0 saturated carbocycles. The van der Waals surface area contributed by atoms with E-state index in [2.05, 4.69) is 6.58 Å². The van der Waals surface area contributed by atoms with E-state index in [0.29, 0.717) is 29.6 Å². The van der Waals surface area contributed by atoms with E-state index in [1.807, 2.05) is 0 Å². The molecule has 0 bridgehead atoms. The molecule has 1 unspecified atom stereocenters. The van der Waals surface area contributed by atoms with Crippen molar-refractivity contribution in [3.05, 3.63) is 46.8 Å². The molecule has 0 radical (unpaired) electrons. The first kappa shape index (κ1) is 11.2. The Kier molecular flexibility index (Phi) is 2.51. The van der Waals surface area contributed by atoms with Gasteiger partial charge in [0.15, 0.2) is 17.6 Å². The zero-order valence-electron chi connectivity index (χ0n) is 8.34. The highest BCUT2D eigenvalue weighted by Gasteiger charge is 2.41. The van der Waals surface area contributed by atoms with Gasteiger partial charge < -0.3 is 10.9 Å². The number of carbonyl (C=O) groups is 1. The lowest BCUT2D eigenvalue weighted by molar-refractivity contribution is 0.0766. The Balaban J connectivity index is 2.57. The summed E-state index contributed by atoms with van der Waals surface area (Å²) in [6, 6.07) is 4.74. The Morgan fingerprint density at radius 3 is 2.94 bits per heavy atom. The smallest absolute Gasteiger partial charge is 0.286 e. The van der Waals surface area contributed by atoms with E-state index in [1.54, 1.807) is 12.1 Å². The number of fused-ring (bicyclic) bond motifs is 1. The molecule has 0 fully saturated rings. The second kappa shape index (κ2) is 3.60. The molecular weight excluding hydrogens is 228 g/mol. The fourth-order valence-electron chi connectivity index (χ4n) is 1.66. The molecular formula is C10H10N2O3S. The third-order valence-electron chi connectivity index (χ3n) is 2.26. The Bertz CT molecular complexity index is 485. The van der Waals surface area contributed by atoms with E-state index < -0.39 is 9.33 Å². The molecule has 84 valence electrons. The van der Waals surface area contributed by atoms with Crippen LogP contribution in [-0.4, -0.2) is 10.3 Å². The molecule has 0 amide bonds. The molecule has 1 aliphatic heterocycles. The number of hydrogen-bond donors (Lipinski definition) is 2. The Morgan fingerprint density at radius 1 is 1.62 bits per heavy atom. The molecule has 2 rings (SSSR count). The van der Waals surface area contributed by atoms with Crippen LogP contribution in [0.4, 0.5) is 5.69 Å². The molecule has 0 aromatic heterocycles. The van der Waals surface area contributed by atoms with Crippen molar-refractivity contribution in [2.75, 3.05) is 0 Å². The van der Waals surface area contributed by atoms with Crippen molar-refractivity contribution in [3.63, 3.8) is 0 Å². The summed E-state index contributed by atoms with van der Waals surface area (Å²) in [5, 5.41) is 20.6. The van der Waals surface area contributed by atoms with Crippen molar-refractivity contribution in [2.24, 2.45) is 5.73 Å². The van der Waals surface area contributed by atoms with Gasteiger partial charge in [0.05, 0.1) is 0 Å². The van der Waals surface area contributed by atoms with Gasteiger partial charge in [-0.3, -0.25) is 4.79 Å². The van der Waals surface area contributed by atoms with Crippen LogP contribution in [0.15, 0.2) is 30.5 Å². The molecule has 6 heteroatoms. The Morgan fingerprint density at radius 2 is 2.31 bits per heavy atom. The summed E-state index contributed by atoms with van der Waals surface area (Å²) in [7, 11) is 0. The molecule has 1 aromatic carbocycles. The number of hydrogen-bond acceptors (Lipinski definition) is 5. The predicted molar refractivity (Wildman–Crippen MR) is 62.3 cm³/mol. The zero-order chi connectivity index (χ0) is 11.9. The van der Waals surface area contributed by atoms with E-state index in [4.69, 9.17) is 5.73 Å². The third-order valence-corrected chi connectivity index (χ3v) is 3.08. The topological polar surface area (TPSA) is 86.4 Å². The number of rotatable bonds is 2. The number of nitrogens with two attached hydrogens (primary N) is 1. The van der Waals surface area contributed by atoms with Crippen LogP contribution in [0.5, 0.6) is 0 Å². The van der Waals surface area contributed by atoms with Crippen LogP contribution in [0.2, 0.25) is 0 Å². The summed E-state index contributed by atoms with van der Waals surface area (Å²) >= 11 is 0.321. The van der Waals surface area contributed by atoms with Crippen LogP contribution < -0.4 is 9.95 Å². The highest BCUT2D eigenvalue weighted by molar-refractivity contribution is 8.14. The van der Waals surface area contributed by atoms with Gasteiger partial charge in [0, 0.05) is 18.2 Å². The number of nitrogens with zero attached hydrogens (tertiary/aromatic N) is 1. The Hall–Kier alpha value is -1.34. The van der Waals surface area contributed by atoms with Gasteiger partial charge in [0.25, 0.3) is 5.12 Å². The van der Waals surface area contributed by atoms with E-state index in [9.17, 15) is 15.2 Å². The number of carbonyl (C=O) groups excluding carboxylic acids is 1. The first-order chi connectivity index (χ1) is 7.42. The van der Waals surface area contributed by atoms with Crippen molar-refractivity contribution >= 4 is 22.8 Å². The van der Waals surface area contributed by atoms with Gasteiger partial charge in [0.1, 0.15) is 5.56 Å². The standard InChI is InChI=1S/C10H10N2O3S/c1-6(11)5-7-3-2-4-8-9(7)10(13)16-12(8,14)15/h2-4,14H,1,5,11H2. The molecule has 5 nitrogen and oxygen atoms in total. The molecule has 0 spiro atoms. The summed E-state index contributed by atoms with van der Waals surface area (Å²) in [6.07, 6.45) is 0.315. The van der Waals surface area contributed by atoms with Crippen LogP contribution in [-0.2, 0) is 6.42 Å². The van der Waals surface area contributed by atoms with Crippen molar-refractivity contribution in [3.8, 4) is 0 Å². The lowest BCUT2D eigenvalue weighted by Gasteiger charge is -2.23. The third kappa shape index (κ3) is 1.72. The quantitative estimate of drug-likeness (QED) is 0.465.